The molecule has 0 saturated carbocycles. The van der Waals surface area contributed by atoms with Crippen LogP contribution >= 0.6 is 11.3 Å². The zero-order valence-corrected chi connectivity index (χ0v) is 6.21. The Morgan fingerprint density at radius 2 is 2.30 bits per heavy atom. The second kappa shape index (κ2) is 1.73. The maximum absolute atomic E-state index is 10.9. The van der Waals surface area contributed by atoms with Gasteiger partial charge in [0.25, 0.3) is 5.56 Å². The number of aromatic amines is 2. The van der Waals surface area contributed by atoms with Crippen molar-refractivity contribution in [1.82, 2.24) is 10.2 Å². The molecule has 0 bridgehead atoms. The lowest BCUT2D eigenvalue weighted by Crippen LogP contribution is -1.96. The van der Waals surface area contributed by atoms with Crippen LogP contribution in [0.3, 0.4) is 0 Å². The smallest absolute Gasteiger partial charge is 0.272 e. The summed E-state index contributed by atoms with van der Waals surface area (Å²) in [6, 6.07) is 1.88. The van der Waals surface area contributed by atoms with Gasteiger partial charge in [-0.2, -0.15) is 0 Å². The van der Waals surface area contributed by atoms with Crippen LogP contribution in [0.15, 0.2) is 10.9 Å². The van der Waals surface area contributed by atoms with Gasteiger partial charge in [-0.25, -0.2) is 0 Å². The number of thiophene rings is 1. The summed E-state index contributed by atoms with van der Waals surface area (Å²) in [6.07, 6.45) is 0. The minimum atomic E-state index is -0.0284. The Labute approximate surface area is 60.7 Å². The molecule has 2 aromatic rings. The summed E-state index contributed by atoms with van der Waals surface area (Å²) in [7, 11) is 0. The van der Waals surface area contributed by atoms with Gasteiger partial charge in [-0.1, -0.05) is 0 Å². The highest BCUT2D eigenvalue weighted by atomic mass is 32.1. The average molecular weight is 154 g/mol. The monoisotopic (exact) mass is 154 g/mol. The number of aryl methyl sites for hydroxylation is 1. The van der Waals surface area contributed by atoms with Crippen molar-refractivity contribution in [3.05, 3.63) is 21.3 Å². The third kappa shape index (κ3) is 0.623. The van der Waals surface area contributed by atoms with Crippen molar-refractivity contribution in [2.45, 2.75) is 6.92 Å². The van der Waals surface area contributed by atoms with Crippen molar-refractivity contribution in [2.75, 3.05) is 0 Å². The molecule has 2 rings (SSSR count). The zero-order valence-electron chi connectivity index (χ0n) is 5.39. The van der Waals surface area contributed by atoms with Gasteiger partial charge in [-0.05, 0) is 13.0 Å². The fourth-order valence-electron chi connectivity index (χ4n) is 0.957. The van der Waals surface area contributed by atoms with Crippen LogP contribution in [0.5, 0.6) is 0 Å². The predicted molar refractivity (Wildman–Crippen MR) is 41.5 cm³/mol. The molecule has 2 heterocycles. The molecule has 0 atom stereocenters. The summed E-state index contributed by atoms with van der Waals surface area (Å²) in [5.41, 5.74) is -0.0284. The van der Waals surface area contributed by atoms with Gasteiger partial charge in [0, 0.05) is 4.88 Å². The molecule has 0 aliphatic rings. The normalized spacial score (nSPS) is 10.9. The van der Waals surface area contributed by atoms with Crippen molar-refractivity contribution in [1.29, 1.82) is 0 Å². The Morgan fingerprint density at radius 3 is 3.00 bits per heavy atom. The molecule has 10 heavy (non-hydrogen) atoms. The Morgan fingerprint density at radius 1 is 1.50 bits per heavy atom. The minimum Gasteiger partial charge on any atom is -0.288 e. The molecule has 3 nitrogen and oxygen atoms in total. The topological polar surface area (TPSA) is 48.6 Å². The highest BCUT2D eigenvalue weighted by molar-refractivity contribution is 7.18. The minimum absolute atomic E-state index is 0.0284. The van der Waals surface area contributed by atoms with Crippen molar-refractivity contribution >= 4 is 21.6 Å². The van der Waals surface area contributed by atoms with Crippen molar-refractivity contribution in [3.8, 4) is 0 Å². The number of aromatic nitrogens is 2. The molecule has 0 unspecified atom stereocenters. The fraction of sp³-hybridized carbons (Fsp3) is 0.167. The van der Waals surface area contributed by atoms with Crippen LogP contribution in [0.1, 0.15) is 4.88 Å². The molecule has 0 aromatic carbocycles. The Hall–Kier alpha value is -1.03. The first-order chi connectivity index (χ1) is 4.77. The van der Waals surface area contributed by atoms with E-state index in [9.17, 15) is 4.79 Å². The van der Waals surface area contributed by atoms with Crippen LogP contribution in [0.2, 0.25) is 0 Å². The molecule has 0 radical (unpaired) electrons. The van der Waals surface area contributed by atoms with Crippen LogP contribution in [-0.2, 0) is 0 Å². The van der Waals surface area contributed by atoms with E-state index in [-0.39, 0.29) is 5.56 Å². The standard InChI is InChI=1S/C6H6N2OS/c1-3-2-4-5(9)7-8-6(4)10-3/h2H,1H3,(H2,7,8,9). The third-order valence-corrected chi connectivity index (χ3v) is 2.36. The van der Waals surface area contributed by atoms with Gasteiger partial charge in [-0.3, -0.25) is 15.0 Å². The number of hydrogen-bond acceptors (Lipinski definition) is 2. The van der Waals surface area contributed by atoms with Gasteiger partial charge >= 0.3 is 0 Å². The molecule has 0 aliphatic heterocycles. The number of hydrogen-bond donors (Lipinski definition) is 2. The second-order valence-electron chi connectivity index (χ2n) is 2.18. The maximum Gasteiger partial charge on any atom is 0.272 e. The van der Waals surface area contributed by atoms with E-state index in [0.29, 0.717) is 0 Å². The van der Waals surface area contributed by atoms with E-state index in [1.165, 1.54) is 0 Å². The summed E-state index contributed by atoms with van der Waals surface area (Å²) in [5.74, 6) is 0. The van der Waals surface area contributed by atoms with Crippen LogP contribution in [0.25, 0.3) is 10.2 Å². The van der Waals surface area contributed by atoms with Crippen LogP contribution in [0.4, 0.5) is 0 Å². The fourth-order valence-corrected chi connectivity index (χ4v) is 1.82. The number of H-pyrrole nitrogens is 2. The van der Waals surface area contributed by atoms with Crippen molar-refractivity contribution in [2.24, 2.45) is 0 Å². The third-order valence-electron chi connectivity index (χ3n) is 1.39. The molecule has 0 saturated heterocycles. The van der Waals surface area contributed by atoms with Gasteiger partial charge in [0.05, 0.1) is 5.39 Å². The molecule has 0 spiro atoms. The van der Waals surface area contributed by atoms with Gasteiger partial charge in [0.15, 0.2) is 0 Å². The molecule has 2 N–H and O–H groups in total. The quantitative estimate of drug-likeness (QED) is 0.589. The molecular formula is C6H6N2OS. The lowest BCUT2D eigenvalue weighted by molar-refractivity contribution is 1.08. The van der Waals surface area contributed by atoms with Gasteiger partial charge in [0.1, 0.15) is 4.83 Å². The highest BCUT2D eigenvalue weighted by Gasteiger charge is 2.02. The first kappa shape index (κ1) is 5.73. The summed E-state index contributed by atoms with van der Waals surface area (Å²) in [6.45, 7) is 1.98. The Kier molecular flexibility index (Phi) is 0.990. The second-order valence-corrected chi connectivity index (χ2v) is 3.44. The number of rotatable bonds is 0. The molecule has 2 aromatic heterocycles. The van der Waals surface area contributed by atoms with E-state index in [4.69, 9.17) is 0 Å². The highest BCUT2D eigenvalue weighted by Crippen LogP contribution is 2.18. The van der Waals surface area contributed by atoms with E-state index < -0.39 is 0 Å². The first-order valence-corrected chi connectivity index (χ1v) is 3.76. The van der Waals surface area contributed by atoms with Crippen molar-refractivity contribution in [3.63, 3.8) is 0 Å². The first-order valence-electron chi connectivity index (χ1n) is 2.94. The average Bonchev–Trinajstić information content (AvgIpc) is 2.35. The van der Waals surface area contributed by atoms with E-state index in [0.717, 1.165) is 15.1 Å². The van der Waals surface area contributed by atoms with Gasteiger partial charge in [-0.15, -0.1) is 11.3 Å². The van der Waals surface area contributed by atoms with E-state index in [2.05, 4.69) is 10.2 Å². The Bertz CT molecular complexity index is 408. The van der Waals surface area contributed by atoms with Crippen LogP contribution in [-0.4, -0.2) is 10.2 Å². The lowest BCUT2D eigenvalue weighted by atomic mass is 10.4. The van der Waals surface area contributed by atoms with E-state index in [1.54, 1.807) is 11.3 Å². The Balaban J connectivity index is 3.03. The molecule has 0 amide bonds. The zero-order chi connectivity index (χ0) is 7.14. The number of fused-ring (bicyclic) bond motifs is 1. The predicted octanol–water partition coefficient (Wildman–Crippen LogP) is 1.23. The van der Waals surface area contributed by atoms with Crippen LogP contribution < -0.4 is 5.56 Å². The summed E-state index contributed by atoms with van der Waals surface area (Å²) >= 11 is 1.59. The summed E-state index contributed by atoms with van der Waals surface area (Å²) in [5, 5.41) is 6.07. The maximum atomic E-state index is 10.9. The molecule has 4 heteroatoms. The molecule has 0 aliphatic carbocycles. The van der Waals surface area contributed by atoms with Crippen molar-refractivity contribution < 1.29 is 0 Å². The molecule has 52 valence electrons. The number of nitrogens with one attached hydrogen (secondary N) is 2. The lowest BCUT2D eigenvalue weighted by Gasteiger charge is -1.71. The van der Waals surface area contributed by atoms with Gasteiger partial charge < -0.3 is 0 Å². The van der Waals surface area contributed by atoms with E-state index >= 15 is 0 Å². The summed E-state index contributed by atoms with van der Waals surface area (Å²) in [4.78, 5) is 13.0. The summed E-state index contributed by atoms with van der Waals surface area (Å²) < 4.78 is 0. The van der Waals surface area contributed by atoms with Gasteiger partial charge in [0.2, 0.25) is 0 Å². The van der Waals surface area contributed by atoms with Crippen LogP contribution in [0, 0.1) is 6.92 Å². The molecule has 0 fully saturated rings. The molecular weight excluding hydrogens is 148 g/mol. The SMILES string of the molecule is Cc1cc2c(=O)[nH][nH]c2s1. The largest absolute Gasteiger partial charge is 0.288 e. The van der Waals surface area contributed by atoms with E-state index in [1.807, 2.05) is 13.0 Å².